The lowest BCUT2D eigenvalue weighted by Gasteiger charge is -2.34. The second kappa shape index (κ2) is 7.43. The van der Waals surface area contributed by atoms with Crippen LogP contribution in [-0.4, -0.2) is 21.2 Å². The molecule has 0 bridgehead atoms. The molecule has 6 heteroatoms. The number of phenolic OH excluding ortho intramolecular Hbond substituents is 1. The van der Waals surface area contributed by atoms with Crippen molar-refractivity contribution < 1.29 is 14.7 Å². The first-order valence-corrected chi connectivity index (χ1v) is 10.3. The number of imide groups is 1. The average molecular weight is 394 g/mol. The fourth-order valence-corrected chi connectivity index (χ4v) is 4.70. The third kappa shape index (κ3) is 3.69. The Morgan fingerprint density at radius 1 is 1.14 bits per heavy atom. The summed E-state index contributed by atoms with van der Waals surface area (Å²) < 4.78 is 0. The highest BCUT2D eigenvalue weighted by Gasteiger charge is 2.31. The van der Waals surface area contributed by atoms with Crippen LogP contribution in [0.25, 0.3) is 17.3 Å². The number of amides is 2. The second-order valence-electron chi connectivity index (χ2n) is 7.68. The number of carbonyl (C=O) groups is 2. The van der Waals surface area contributed by atoms with Crippen LogP contribution in [-0.2, 0) is 10.2 Å². The summed E-state index contributed by atoms with van der Waals surface area (Å²) in [5.41, 5.74) is 3.52. The van der Waals surface area contributed by atoms with Crippen LogP contribution in [0.3, 0.4) is 0 Å². The molecule has 4 rings (SSSR count). The molecule has 1 aliphatic heterocycles. The van der Waals surface area contributed by atoms with Gasteiger partial charge in [0.05, 0.1) is 10.6 Å². The Kier molecular flexibility index (Phi) is 4.98. The fraction of sp³-hybridized carbons (Fsp3) is 0.318. The predicted molar refractivity (Wildman–Crippen MR) is 111 cm³/mol. The minimum Gasteiger partial charge on any atom is -0.508 e. The van der Waals surface area contributed by atoms with Crippen molar-refractivity contribution in [2.24, 2.45) is 0 Å². The molecule has 2 N–H and O–H groups in total. The number of hydrogen-bond acceptors (Lipinski definition) is 5. The summed E-state index contributed by atoms with van der Waals surface area (Å²) in [7, 11) is 0. The van der Waals surface area contributed by atoms with Crippen LogP contribution in [0.4, 0.5) is 4.79 Å². The van der Waals surface area contributed by atoms with Gasteiger partial charge < -0.3 is 5.11 Å². The van der Waals surface area contributed by atoms with Gasteiger partial charge in [0.1, 0.15) is 5.75 Å². The number of hydrogen-bond donors (Lipinski definition) is 2. The first-order valence-electron chi connectivity index (χ1n) is 9.49. The average Bonchev–Trinajstić information content (AvgIpc) is 3.00. The van der Waals surface area contributed by atoms with Gasteiger partial charge >= 0.3 is 0 Å². The maximum absolute atomic E-state index is 11.7. The molecular weight excluding hydrogens is 372 g/mol. The summed E-state index contributed by atoms with van der Waals surface area (Å²) in [5, 5.41) is 12.3. The first kappa shape index (κ1) is 18.7. The lowest BCUT2D eigenvalue weighted by Crippen LogP contribution is -2.25. The number of nitrogens with zero attached hydrogens (tertiary/aromatic N) is 1. The van der Waals surface area contributed by atoms with E-state index in [0.29, 0.717) is 10.7 Å². The standard InChI is InChI=1S/C22H22N2O3S/c1-22(9-3-2-4-10-22)16-12-15(6-8-18(16)25)17-7-5-14(13-23-17)11-19-20(26)24-21(27)28-19/h5-8,11-13,25H,2-4,9-10H2,1H3,(H,24,26,27). The third-order valence-electron chi connectivity index (χ3n) is 5.63. The zero-order chi connectivity index (χ0) is 19.7. The molecule has 1 saturated carbocycles. The van der Waals surface area contributed by atoms with E-state index in [1.165, 1.54) is 19.3 Å². The third-order valence-corrected chi connectivity index (χ3v) is 6.44. The van der Waals surface area contributed by atoms with Gasteiger partial charge in [0.15, 0.2) is 0 Å². The molecule has 5 nitrogen and oxygen atoms in total. The van der Waals surface area contributed by atoms with Gasteiger partial charge in [0.2, 0.25) is 0 Å². The highest BCUT2D eigenvalue weighted by Crippen LogP contribution is 2.43. The number of rotatable bonds is 3. The molecule has 2 aliphatic rings. The van der Waals surface area contributed by atoms with E-state index in [2.05, 4.69) is 23.3 Å². The van der Waals surface area contributed by atoms with Crippen molar-refractivity contribution in [2.75, 3.05) is 0 Å². The van der Waals surface area contributed by atoms with Gasteiger partial charge in [0.25, 0.3) is 11.1 Å². The Balaban J connectivity index is 1.61. The summed E-state index contributed by atoms with van der Waals surface area (Å²) in [6.07, 6.45) is 9.16. The molecule has 1 aromatic heterocycles. The van der Waals surface area contributed by atoms with Crippen molar-refractivity contribution in [3.05, 3.63) is 52.6 Å². The molecule has 1 aromatic carbocycles. The molecule has 28 heavy (non-hydrogen) atoms. The van der Waals surface area contributed by atoms with E-state index in [-0.39, 0.29) is 16.6 Å². The van der Waals surface area contributed by atoms with Crippen LogP contribution in [0, 0.1) is 0 Å². The van der Waals surface area contributed by atoms with Gasteiger partial charge in [-0.15, -0.1) is 0 Å². The molecule has 1 aliphatic carbocycles. The van der Waals surface area contributed by atoms with Crippen LogP contribution in [0.1, 0.15) is 50.2 Å². The van der Waals surface area contributed by atoms with E-state index < -0.39 is 0 Å². The Bertz CT molecular complexity index is 960. The molecule has 0 spiro atoms. The summed E-state index contributed by atoms with van der Waals surface area (Å²) >= 11 is 0.894. The summed E-state index contributed by atoms with van der Waals surface area (Å²) in [6.45, 7) is 2.24. The van der Waals surface area contributed by atoms with Crippen molar-refractivity contribution in [3.63, 3.8) is 0 Å². The lowest BCUT2D eigenvalue weighted by atomic mass is 9.70. The van der Waals surface area contributed by atoms with E-state index in [4.69, 9.17) is 0 Å². The topological polar surface area (TPSA) is 79.3 Å². The van der Waals surface area contributed by atoms with E-state index in [1.54, 1.807) is 18.3 Å². The number of aromatic hydroxyl groups is 1. The van der Waals surface area contributed by atoms with Gasteiger partial charge in [-0.25, -0.2) is 0 Å². The van der Waals surface area contributed by atoms with Gasteiger partial charge in [-0.2, -0.15) is 0 Å². The maximum Gasteiger partial charge on any atom is 0.290 e. The monoisotopic (exact) mass is 394 g/mol. The van der Waals surface area contributed by atoms with Crippen molar-refractivity contribution in [1.29, 1.82) is 0 Å². The molecule has 2 heterocycles. The SMILES string of the molecule is CC1(c2cc(-c3ccc(C=C4SC(=O)NC4=O)cn3)ccc2O)CCCCC1. The first-order chi connectivity index (χ1) is 13.4. The molecule has 1 saturated heterocycles. The molecular formula is C22H22N2O3S. The number of benzene rings is 1. The Morgan fingerprint density at radius 2 is 1.93 bits per heavy atom. The minimum atomic E-state index is -0.372. The summed E-state index contributed by atoms with van der Waals surface area (Å²) in [6, 6.07) is 9.46. The molecule has 0 unspecified atom stereocenters. The largest absolute Gasteiger partial charge is 0.508 e. The van der Waals surface area contributed by atoms with Crippen molar-refractivity contribution in [3.8, 4) is 17.0 Å². The number of carbonyl (C=O) groups excluding carboxylic acids is 2. The number of nitrogens with one attached hydrogen (secondary N) is 1. The zero-order valence-corrected chi connectivity index (χ0v) is 16.5. The van der Waals surface area contributed by atoms with Crippen LogP contribution >= 0.6 is 11.8 Å². The highest BCUT2D eigenvalue weighted by atomic mass is 32.2. The molecule has 144 valence electrons. The van der Waals surface area contributed by atoms with Crippen LogP contribution in [0.5, 0.6) is 5.75 Å². The Hall–Kier alpha value is -2.60. The van der Waals surface area contributed by atoms with E-state index >= 15 is 0 Å². The second-order valence-corrected chi connectivity index (χ2v) is 8.70. The number of aromatic nitrogens is 1. The van der Waals surface area contributed by atoms with Crippen LogP contribution in [0.2, 0.25) is 0 Å². The molecule has 2 amide bonds. The van der Waals surface area contributed by atoms with E-state index in [9.17, 15) is 14.7 Å². The van der Waals surface area contributed by atoms with Gasteiger partial charge in [-0.05, 0) is 65.9 Å². The minimum absolute atomic E-state index is 0.00228. The fourth-order valence-electron chi connectivity index (χ4n) is 4.01. The van der Waals surface area contributed by atoms with Crippen LogP contribution in [0.15, 0.2) is 41.4 Å². The highest BCUT2D eigenvalue weighted by molar-refractivity contribution is 8.18. The molecule has 2 aromatic rings. The number of pyridine rings is 1. The van der Waals surface area contributed by atoms with Gasteiger partial charge in [-0.3, -0.25) is 19.9 Å². The predicted octanol–water partition coefficient (Wildman–Crippen LogP) is 5.00. The van der Waals surface area contributed by atoms with E-state index in [0.717, 1.165) is 47.0 Å². The maximum atomic E-state index is 11.7. The van der Waals surface area contributed by atoms with E-state index in [1.807, 2.05) is 18.2 Å². The Morgan fingerprint density at radius 3 is 2.57 bits per heavy atom. The quantitative estimate of drug-likeness (QED) is 0.716. The number of thioether (sulfide) groups is 1. The number of phenols is 1. The van der Waals surface area contributed by atoms with Gasteiger partial charge in [-0.1, -0.05) is 32.3 Å². The molecule has 0 radical (unpaired) electrons. The lowest BCUT2D eigenvalue weighted by molar-refractivity contribution is -0.115. The van der Waals surface area contributed by atoms with Crippen molar-refractivity contribution >= 4 is 29.0 Å². The summed E-state index contributed by atoms with van der Waals surface area (Å²) in [5.74, 6) is -0.0218. The van der Waals surface area contributed by atoms with Crippen LogP contribution < -0.4 is 5.32 Å². The smallest absolute Gasteiger partial charge is 0.290 e. The Labute approximate surface area is 168 Å². The van der Waals surface area contributed by atoms with Crippen molar-refractivity contribution in [1.82, 2.24) is 10.3 Å². The summed E-state index contributed by atoms with van der Waals surface area (Å²) in [4.78, 5) is 27.8. The zero-order valence-electron chi connectivity index (χ0n) is 15.7. The van der Waals surface area contributed by atoms with Gasteiger partial charge in [0, 0.05) is 17.3 Å². The molecule has 2 fully saturated rings. The normalized spacial score (nSPS) is 20.4. The van der Waals surface area contributed by atoms with Crippen molar-refractivity contribution in [2.45, 2.75) is 44.4 Å². The molecule has 0 atom stereocenters.